The highest BCUT2D eigenvalue weighted by Crippen LogP contribution is 2.30. The lowest BCUT2D eigenvalue weighted by atomic mass is 9.81. The second-order valence-corrected chi connectivity index (χ2v) is 15.8. The van der Waals surface area contributed by atoms with E-state index in [4.69, 9.17) is 9.47 Å². The smallest absolute Gasteiger partial charge is 0.410 e. The molecule has 10 atom stereocenters. The molecular formula is C39H66N2O9. The Hall–Kier alpha value is -2.28. The molecule has 0 aromatic heterocycles. The minimum absolute atomic E-state index is 0.0734. The molecule has 11 nitrogen and oxygen atoms in total. The van der Waals surface area contributed by atoms with E-state index >= 15 is 0 Å². The number of cyclic esters (lactones) is 1. The number of rotatable bonds is 11. The summed E-state index contributed by atoms with van der Waals surface area (Å²) in [5.74, 6) is -1.34. The van der Waals surface area contributed by atoms with E-state index in [1.54, 1.807) is 56.1 Å². The number of esters is 1. The van der Waals surface area contributed by atoms with Gasteiger partial charge in [-0.05, 0) is 76.4 Å². The number of ether oxygens (including phenoxy) is 2. The van der Waals surface area contributed by atoms with Gasteiger partial charge in [-0.3, -0.25) is 9.69 Å². The van der Waals surface area contributed by atoms with Crippen molar-refractivity contribution >= 4 is 12.1 Å². The minimum atomic E-state index is -1.50. The maximum atomic E-state index is 13.4. The van der Waals surface area contributed by atoms with E-state index in [-0.39, 0.29) is 37.5 Å². The van der Waals surface area contributed by atoms with Gasteiger partial charge in [0.05, 0.1) is 30.3 Å². The van der Waals surface area contributed by atoms with Crippen molar-refractivity contribution in [3.63, 3.8) is 0 Å². The largest absolute Gasteiger partial charge is 0.457 e. The van der Waals surface area contributed by atoms with Crippen molar-refractivity contribution < 1.29 is 44.6 Å². The van der Waals surface area contributed by atoms with Crippen molar-refractivity contribution in [3.05, 3.63) is 36.0 Å². The first kappa shape index (κ1) is 42.1. The molecule has 5 N–H and O–H groups in total. The summed E-state index contributed by atoms with van der Waals surface area (Å²) < 4.78 is 11.8. The van der Waals surface area contributed by atoms with E-state index in [2.05, 4.69) is 4.90 Å². The number of carbonyl (C=O) groups excluding carboxylic acids is 2. The third-order valence-corrected chi connectivity index (χ3v) is 11.3. The van der Waals surface area contributed by atoms with E-state index in [0.29, 0.717) is 31.1 Å². The van der Waals surface area contributed by atoms with Crippen molar-refractivity contribution in [1.29, 1.82) is 0 Å². The van der Waals surface area contributed by atoms with Crippen LogP contribution in [-0.2, 0) is 14.3 Å². The van der Waals surface area contributed by atoms with Crippen LogP contribution in [0, 0.1) is 17.8 Å². The molecule has 0 spiro atoms. The Kier molecular flexibility index (Phi) is 16.0. The topological polar surface area (TPSA) is 160 Å². The molecule has 3 rings (SSSR count). The summed E-state index contributed by atoms with van der Waals surface area (Å²) in [5.41, 5.74) is -2.17. The van der Waals surface area contributed by atoms with Crippen LogP contribution in [0.3, 0.4) is 0 Å². The zero-order valence-electron chi connectivity index (χ0n) is 31.5. The van der Waals surface area contributed by atoms with Gasteiger partial charge in [-0.15, -0.1) is 0 Å². The van der Waals surface area contributed by atoms with Crippen LogP contribution in [0.15, 0.2) is 36.0 Å². The fraction of sp³-hybridized carbons (Fsp3) is 0.795. The van der Waals surface area contributed by atoms with Crippen LogP contribution in [0.2, 0.25) is 0 Å². The fourth-order valence-corrected chi connectivity index (χ4v) is 7.43. The molecule has 1 amide bonds. The lowest BCUT2D eigenvalue weighted by Crippen LogP contribution is -2.53. The molecule has 2 fully saturated rings. The molecule has 11 heteroatoms. The van der Waals surface area contributed by atoms with Gasteiger partial charge in [-0.1, -0.05) is 64.8 Å². The van der Waals surface area contributed by atoms with Crippen molar-refractivity contribution in [3.8, 4) is 0 Å². The molecule has 1 aliphatic carbocycles. The summed E-state index contributed by atoms with van der Waals surface area (Å²) in [6.07, 6.45) is 9.30. The van der Waals surface area contributed by atoms with Crippen LogP contribution in [0.5, 0.6) is 0 Å². The second kappa shape index (κ2) is 19.0. The van der Waals surface area contributed by atoms with Crippen molar-refractivity contribution in [1.82, 2.24) is 9.80 Å². The lowest BCUT2D eigenvalue weighted by molar-refractivity contribution is -0.151. The highest BCUT2D eigenvalue weighted by molar-refractivity contribution is 5.70. The molecule has 3 aliphatic rings. The molecule has 1 saturated carbocycles. The molecule has 2 heterocycles. The Morgan fingerprint density at radius 2 is 1.72 bits per heavy atom. The standard InChI is InChI=1S/C39H66N2O9/c1-8-32(43)28(4)29(5)33(44)25-38(6,47)18-11-12-26(2)36-27(3)15-16-34(39(7,48)19-17-31(42)24-35(45)50-36)49-37(46)41-22-20-40(21-23-41)30-13-9-10-14-30/h11-12,15-16,18,27-34,36,42-44,47-48H,8-10,13-14,17,19-25H2,1-7H3. The van der Waals surface area contributed by atoms with Crippen molar-refractivity contribution in [2.45, 2.75) is 154 Å². The van der Waals surface area contributed by atoms with Crippen LogP contribution in [0.25, 0.3) is 0 Å². The van der Waals surface area contributed by atoms with E-state index in [0.717, 1.165) is 13.1 Å². The maximum absolute atomic E-state index is 13.4. The number of allylic oxidation sites excluding steroid dienone is 2. The summed E-state index contributed by atoms with van der Waals surface area (Å²) in [6, 6.07) is 0.594. The normalized spacial score (nSPS) is 32.0. The second-order valence-electron chi connectivity index (χ2n) is 15.8. The van der Waals surface area contributed by atoms with Crippen LogP contribution in [-0.4, -0.2) is 121 Å². The van der Waals surface area contributed by atoms with Crippen LogP contribution in [0.4, 0.5) is 4.79 Å². The summed E-state index contributed by atoms with van der Waals surface area (Å²) in [5, 5.41) is 54.2. The quantitative estimate of drug-likeness (QED) is 0.118. The Morgan fingerprint density at radius 1 is 1.10 bits per heavy atom. The summed E-state index contributed by atoms with van der Waals surface area (Å²) in [7, 11) is 0. The third kappa shape index (κ3) is 12.4. The molecule has 286 valence electrons. The Labute approximate surface area is 300 Å². The summed E-state index contributed by atoms with van der Waals surface area (Å²) in [6.45, 7) is 15.2. The van der Waals surface area contributed by atoms with Gasteiger partial charge in [0.15, 0.2) is 6.10 Å². The van der Waals surface area contributed by atoms with Gasteiger partial charge < -0.3 is 39.9 Å². The lowest BCUT2D eigenvalue weighted by Gasteiger charge is -2.39. The maximum Gasteiger partial charge on any atom is 0.410 e. The van der Waals surface area contributed by atoms with Gasteiger partial charge in [0.25, 0.3) is 0 Å². The van der Waals surface area contributed by atoms with Crippen LogP contribution < -0.4 is 0 Å². The number of aliphatic hydroxyl groups is 5. The molecule has 2 aliphatic heterocycles. The Morgan fingerprint density at radius 3 is 2.34 bits per heavy atom. The number of hydrogen-bond donors (Lipinski definition) is 5. The molecule has 10 unspecified atom stereocenters. The van der Waals surface area contributed by atoms with E-state index in [1.807, 2.05) is 27.7 Å². The van der Waals surface area contributed by atoms with Crippen LogP contribution in [0.1, 0.15) is 106 Å². The Balaban J connectivity index is 1.74. The minimum Gasteiger partial charge on any atom is -0.457 e. The predicted octanol–water partition coefficient (Wildman–Crippen LogP) is 4.50. The third-order valence-electron chi connectivity index (χ3n) is 11.3. The zero-order chi connectivity index (χ0) is 37.2. The molecule has 0 radical (unpaired) electrons. The number of hydrogen-bond acceptors (Lipinski definition) is 10. The van der Waals surface area contributed by atoms with Gasteiger partial charge in [0.1, 0.15) is 11.7 Å². The molecule has 0 bridgehead atoms. The first-order valence-corrected chi connectivity index (χ1v) is 18.9. The number of carbonyl (C=O) groups is 2. The van der Waals surface area contributed by atoms with Gasteiger partial charge in [-0.2, -0.15) is 0 Å². The first-order valence-electron chi connectivity index (χ1n) is 18.9. The highest BCUT2D eigenvalue weighted by atomic mass is 16.6. The molecule has 0 aromatic rings. The number of aliphatic hydroxyl groups excluding tert-OH is 3. The van der Waals surface area contributed by atoms with Gasteiger partial charge >= 0.3 is 12.1 Å². The van der Waals surface area contributed by atoms with Gasteiger partial charge in [-0.25, -0.2) is 4.79 Å². The highest BCUT2D eigenvalue weighted by Gasteiger charge is 2.37. The SMILES string of the molecule is CCC(O)C(C)C(C)C(O)CC(C)(O)C=CC=C(C)C1OC(=O)CC(O)CCC(C)(O)C(OC(=O)N2CCN(C3CCCC3)CC2)C=CC1C. The Bertz CT molecular complexity index is 1170. The number of amides is 1. The number of nitrogens with zero attached hydrogens (tertiary/aromatic N) is 2. The number of piperazine rings is 1. The molecule has 50 heavy (non-hydrogen) atoms. The average molecular weight is 707 g/mol. The van der Waals surface area contributed by atoms with Crippen molar-refractivity contribution in [2.24, 2.45) is 17.8 Å². The van der Waals surface area contributed by atoms with Crippen molar-refractivity contribution in [2.75, 3.05) is 26.2 Å². The molecule has 0 aromatic carbocycles. The first-order chi connectivity index (χ1) is 23.4. The zero-order valence-corrected chi connectivity index (χ0v) is 31.5. The summed E-state index contributed by atoms with van der Waals surface area (Å²) >= 11 is 0. The van der Waals surface area contributed by atoms with Gasteiger partial charge in [0, 0.05) is 44.6 Å². The average Bonchev–Trinajstić information content (AvgIpc) is 3.61. The summed E-state index contributed by atoms with van der Waals surface area (Å²) in [4.78, 5) is 30.4. The van der Waals surface area contributed by atoms with E-state index < -0.39 is 59.7 Å². The van der Waals surface area contributed by atoms with Crippen LogP contribution >= 0.6 is 0 Å². The predicted molar refractivity (Wildman–Crippen MR) is 193 cm³/mol. The van der Waals surface area contributed by atoms with E-state index in [1.165, 1.54) is 25.7 Å². The molecular weight excluding hydrogens is 640 g/mol. The molecule has 1 saturated heterocycles. The fourth-order valence-electron chi connectivity index (χ4n) is 7.43. The van der Waals surface area contributed by atoms with Gasteiger partial charge in [0.2, 0.25) is 0 Å². The monoisotopic (exact) mass is 706 g/mol. The van der Waals surface area contributed by atoms with E-state index in [9.17, 15) is 35.1 Å².